The third-order valence-electron chi connectivity index (χ3n) is 4.24. The average molecular weight is 421 g/mol. The number of rotatable bonds is 8. The van der Waals surface area contributed by atoms with E-state index in [1.807, 2.05) is 35.8 Å². The molecule has 0 fully saturated rings. The monoisotopic (exact) mass is 420 g/mol. The quantitative estimate of drug-likeness (QED) is 0.586. The number of aryl methyl sites for hydroxylation is 1. The summed E-state index contributed by atoms with van der Waals surface area (Å²) in [6, 6.07) is 13.7. The first-order valence-corrected chi connectivity index (χ1v) is 10.7. The number of halogens is 1. The molecule has 3 aromatic rings. The van der Waals surface area contributed by atoms with Gasteiger partial charge < -0.3 is 9.88 Å². The van der Waals surface area contributed by atoms with Gasteiger partial charge in [0.25, 0.3) is 0 Å². The number of amides is 1. The maximum absolute atomic E-state index is 12.2. The number of nitrogens with zero attached hydrogens (tertiary/aromatic N) is 2. The maximum atomic E-state index is 12.2. The van der Waals surface area contributed by atoms with Crippen LogP contribution in [0.25, 0.3) is 11.0 Å². The van der Waals surface area contributed by atoms with E-state index in [9.17, 15) is 13.2 Å². The molecule has 1 amide bonds. The Morgan fingerprint density at radius 2 is 1.96 bits per heavy atom. The number of hydrogen-bond acceptors (Lipinski definition) is 4. The number of aromatic nitrogens is 2. The minimum absolute atomic E-state index is 0.00905. The molecule has 7 nitrogen and oxygen atoms in total. The van der Waals surface area contributed by atoms with Crippen molar-refractivity contribution in [3.05, 3.63) is 59.4 Å². The highest BCUT2D eigenvalue weighted by Gasteiger charge is 2.15. The van der Waals surface area contributed by atoms with Crippen LogP contribution in [0.3, 0.4) is 0 Å². The van der Waals surface area contributed by atoms with Crippen molar-refractivity contribution in [2.75, 3.05) is 6.54 Å². The molecule has 0 aliphatic rings. The van der Waals surface area contributed by atoms with Gasteiger partial charge in [0, 0.05) is 24.5 Å². The van der Waals surface area contributed by atoms with Gasteiger partial charge in [-0.05, 0) is 37.3 Å². The topological polar surface area (TPSA) is 93.1 Å². The second-order valence-corrected chi connectivity index (χ2v) is 8.35. The molecule has 28 heavy (non-hydrogen) atoms. The summed E-state index contributed by atoms with van der Waals surface area (Å²) in [6.07, 6.45) is 0.0200. The molecule has 0 aliphatic carbocycles. The van der Waals surface area contributed by atoms with Crippen molar-refractivity contribution in [1.82, 2.24) is 19.6 Å². The van der Waals surface area contributed by atoms with Crippen LogP contribution in [-0.2, 0) is 27.9 Å². The Balaban J connectivity index is 1.54. The third kappa shape index (κ3) is 4.70. The predicted octanol–water partition coefficient (Wildman–Crippen LogP) is 2.69. The highest BCUT2D eigenvalue weighted by atomic mass is 35.5. The van der Waals surface area contributed by atoms with Gasteiger partial charge in [0.2, 0.25) is 15.9 Å². The first-order chi connectivity index (χ1) is 13.4. The smallest absolute Gasteiger partial charge is 0.240 e. The zero-order chi connectivity index (χ0) is 20.1. The van der Waals surface area contributed by atoms with Crippen molar-refractivity contribution in [3.63, 3.8) is 0 Å². The summed E-state index contributed by atoms with van der Waals surface area (Å²) in [5.74, 6) is 0.500. The second kappa shape index (κ2) is 8.72. The van der Waals surface area contributed by atoms with E-state index in [1.165, 1.54) is 12.1 Å². The van der Waals surface area contributed by atoms with Crippen molar-refractivity contribution < 1.29 is 13.2 Å². The molecule has 0 aliphatic heterocycles. The van der Waals surface area contributed by atoms with Crippen molar-refractivity contribution in [2.45, 2.75) is 31.3 Å². The van der Waals surface area contributed by atoms with E-state index in [2.05, 4.69) is 15.0 Å². The number of carbonyl (C=O) groups excluding carboxylic acids is 1. The number of hydrogen-bond donors (Lipinski definition) is 2. The molecule has 1 heterocycles. The molecular formula is C19H21ClN4O3S. The van der Waals surface area contributed by atoms with E-state index in [1.54, 1.807) is 12.1 Å². The zero-order valence-corrected chi connectivity index (χ0v) is 16.9. The van der Waals surface area contributed by atoms with Crippen LogP contribution in [0.2, 0.25) is 5.02 Å². The molecule has 9 heteroatoms. The third-order valence-corrected chi connectivity index (χ3v) is 5.94. The largest absolute Gasteiger partial charge is 0.349 e. The first kappa shape index (κ1) is 20.3. The Hall–Kier alpha value is -2.42. The molecule has 0 unspecified atom stereocenters. The lowest BCUT2D eigenvalue weighted by Crippen LogP contribution is -2.31. The Morgan fingerprint density at radius 3 is 2.71 bits per heavy atom. The van der Waals surface area contributed by atoms with E-state index in [-0.39, 0.29) is 30.3 Å². The molecule has 0 bridgehead atoms. The highest BCUT2D eigenvalue weighted by Crippen LogP contribution is 2.16. The van der Waals surface area contributed by atoms with Crippen LogP contribution >= 0.6 is 11.6 Å². The van der Waals surface area contributed by atoms with Gasteiger partial charge in [-0.25, -0.2) is 18.1 Å². The molecule has 1 aromatic heterocycles. The van der Waals surface area contributed by atoms with E-state index in [4.69, 9.17) is 11.6 Å². The summed E-state index contributed by atoms with van der Waals surface area (Å²) in [5, 5.41) is 3.12. The number of nitrogens with one attached hydrogen (secondary N) is 2. The predicted molar refractivity (Wildman–Crippen MR) is 109 cm³/mol. The van der Waals surface area contributed by atoms with Crippen molar-refractivity contribution in [3.8, 4) is 0 Å². The summed E-state index contributed by atoms with van der Waals surface area (Å²) < 4.78 is 28.9. The number of benzene rings is 2. The maximum Gasteiger partial charge on any atom is 0.240 e. The summed E-state index contributed by atoms with van der Waals surface area (Å²) in [4.78, 5) is 16.7. The van der Waals surface area contributed by atoms with Crippen LogP contribution < -0.4 is 10.0 Å². The van der Waals surface area contributed by atoms with Gasteiger partial charge in [-0.15, -0.1) is 0 Å². The normalized spacial score (nSPS) is 11.6. The lowest BCUT2D eigenvalue weighted by molar-refractivity contribution is -0.121. The Morgan fingerprint density at radius 1 is 1.18 bits per heavy atom. The fourth-order valence-electron chi connectivity index (χ4n) is 2.90. The van der Waals surface area contributed by atoms with E-state index in [0.29, 0.717) is 5.02 Å². The fraction of sp³-hybridized carbons (Fsp3) is 0.263. The zero-order valence-electron chi connectivity index (χ0n) is 15.4. The minimum Gasteiger partial charge on any atom is -0.349 e. The molecule has 2 aromatic carbocycles. The van der Waals surface area contributed by atoms with E-state index in [0.717, 1.165) is 23.4 Å². The number of sulfonamides is 1. The van der Waals surface area contributed by atoms with Crippen molar-refractivity contribution in [2.24, 2.45) is 0 Å². The van der Waals surface area contributed by atoms with E-state index < -0.39 is 10.0 Å². The summed E-state index contributed by atoms with van der Waals surface area (Å²) in [5.41, 5.74) is 1.89. The summed E-state index contributed by atoms with van der Waals surface area (Å²) in [6.45, 7) is 3.03. The molecule has 148 valence electrons. The van der Waals surface area contributed by atoms with Gasteiger partial charge in [-0.3, -0.25) is 4.79 Å². The van der Waals surface area contributed by atoms with Gasteiger partial charge in [0.1, 0.15) is 5.82 Å². The van der Waals surface area contributed by atoms with Crippen LogP contribution in [0.1, 0.15) is 19.2 Å². The molecule has 0 radical (unpaired) electrons. The van der Waals surface area contributed by atoms with Crippen LogP contribution in [0.5, 0.6) is 0 Å². The van der Waals surface area contributed by atoms with Gasteiger partial charge in [0.15, 0.2) is 0 Å². The van der Waals surface area contributed by atoms with Crippen LogP contribution in [0, 0.1) is 0 Å². The molecule has 3 rings (SSSR count). The Kier molecular flexibility index (Phi) is 6.33. The van der Waals surface area contributed by atoms with E-state index >= 15 is 0 Å². The van der Waals surface area contributed by atoms with Crippen LogP contribution in [-0.4, -0.2) is 30.4 Å². The highest BCUT2D eigenvalue weighted by molar-refractivity contribution is 7.89. The summed E-state index contributed by atoms with van der Waals surface area (Å²) >= 11 is 5.82. The van der Waals surface area contributed by atoms with Crippen molar-refractivity contribution in [1.29, 1.82) is 0 Å². The number of para-hydroxylation sites is 2. The number of carbonyl (C=O) groups is 1. The molecule has 0 saturated heterocycles. The van der Waals surface area contributed by atoms with Gasteiger partial charge >= 0.3 is 0 Å². The SMILES string of the molecule is CCn1c(CNC(=O)CCNS(=O)(=O)c2cccc(Cl)c2)nc2ccccc21. The van der Waals surface area contributed by atoms with Gasteiger partial charge in [-0.1, -0.05) is 29.8 Å². The van der Waals surface area contributed by atoms with Crippen molar-refractivity contribution >= 4 is 38.6 Å². The molecule has 2 N–H and O–H groups in total. The van der Waals surface area contributed by atoms with Gasteiger partial charge in [0.05, 0.1) is 22.5 Å². The summed E-state index contributed by atoms with van der Waals surface area (Å²) in [7, 11) is -3.70. The average Bonchev–Trinajstić information content (AvgIpc) is 3.03. The first-order valence-electron chi connectivity index (χ1n) is 8.87. The minimum atomic E-state index is -3.70. The van der Waals surface area contributed by atoms with Crippen LogP contribution in [0.4, 0.5) is 0 Å². The number of fused-ring (bicyclic) bond motifs is 1. The molecule has 0 atom stereocenters. The van der Waals surface area contributed by atoms with Gasteiger partial charge in [-0.2, -0.15) is 0 Å². The Bertz CT molecular complexity index is 1100. The lowest BCUT2D eigenvalue weighted by atomic mass is 10.3. The lowest BCUT2D eigenvalue weighted by Gasteiger charge is -2.09. The molecule has 0 saturated carbocycles. The fourth-order valence-corrected chi connectivity index (χ4v) is 4.23. The Labute approximate surface area is 168 Å². The number of imidazole rings is 1. The molecular weight excluding hydrogens is 400 g/mol. The van der Waals surface area contributed by atoms with Crippen LogP contribution in [0.15, 0.2) is 53.4 Å². The standard InChI is InChI=1S/C19H21ClN4O3S/c1-2-24-17-9-4-3-8-16(17)23-18(24)13-21-19(25)10-11-22-28(26,27)15-7-5-6-14(20)12-15/h3-9,12,22H,2,10-11,13H2,1H3,(H,21,25). The second-order valence-electron chi connectivity index (χ2n) is 6.14. The molecule has 0 spiro atoms.